The monoisotopic (exact) mass is 501 g/mol. The molecule has 0 bridgehead atoms. The van der Waals surface area contributed by atoms with E-state index in [2.05, 4.69) is 45.0 Å². The fourth-order valence-corrected chi connectivity index (χ4v) is 4.96. The van der Waals surface area contributed by atoms with Gasteiger partial charge in [-0.15, -0.1) is 0 Å². The Kier molecular flexibility index (Phi) is 7.86. The van der Waals surface area contributed by atoms with Gasteiger partial charge in [-0.3, -0.25) is 9.59 Å². The van der Waals surface area contributed by atoms with Crippen molar-refractivity contribution in [2.24, 2.45) is 0 Å². The molecule has 4 rings (SSSR count). The van der Waals surface area contributed by atoms with Crippen LogP contribution in [0.4, 0.5) is 0 Å². The first-order chi connectivity index (χ1) is 17.7. The third kappa shape index (κ3) is 6.50. The predicted octanol–water partition coefficient (Wildman–Crippen LogP) is 5.41. The van der Waals surface area contributed by atoms with Gasteiger partial charge in [0.15, 0.2) is 0 Å². The minimum absolute atomic E-state index is 0.114. The van der Waals surface area contributed by atoms with E-state index in [4.69, 9.17) is 9.47 Å². The quantitative estimate of drug-likeness (QED) is 0.402. The zero-order valence-corrected chi connectivity index (χ0v) is 22.0. The summed E-state index contributed by atoms with van der Waals surface area (Å²) in [5, 5.41) is 9.41. The van der Waals surface area contributed by atoms with E-state index in [9.17, 15) is 14.7 Å². The van der Waals surface area contributed by atoms with Crippen LogP contribution in [0.25, 0.3) is 0 Å². The van der Waals surface area contributed by atoms with E-state index < -0.39 is 5.97 Å². The fourth-order valence-electron chi connectivity index (χ4n) is 4.96. The average molecular weight is 502 g/mol. The van der Waals surface area contributed by atoms with Crippen molar-refractivity contribution in [3.05, 3.63) is 94.5 Å². The van der Waals surface area contributed by atoms with E-state index in [1.807, 2.05) is 36.4 Å². The van der Waals surface area contributed by atoms with Crippen LogP contribution in [-0.2, 0) is 35.4 Å². The van der Waals surface area contributed by atoms with Crippen molar-refractivity contribution in [2.45, 2.75) is 58.1 Å². The van der Waals surface area contributed by atoms with Gasteiger partial charge >= 0.3 is 5.97 Å². The normalized spacial score (nSPS) is 16.2. The number of nitrogens with zero attached hydrogens (tertiary/aromatic N) is 1. The SMILES string of the molecule is COc1ccccc1CN(CC(=O)O)C(=O)Cc1ccc2c(c1)C[C@@](C)(Cc1ccc(C(C)C)cc1)O2. The van der Waals surface area contributed by atoms with Crippen LogP contribution >= 0.6 is 0 Å². The van der Waals surface area contributed by atoms with E-state index >= 15 is 0 Å². The largest absolute Gasteiger partial charge is 0.496 e. The molecule has 1 amide bonds. The highest BCUT2D eigenvalue weighted by Gasteiger charge is 2.35. The van der Waals surface area contributed by atoms with Crippen LogP contribution in [0, 0.1) is 0 Å². The minimum Gasteiger partial charge on any atom is -0.496 e. The third-order valence-electron chi connectivity index (χ3n) is 6.86. The Balaban J connectivity index is 1.45. The zero-order valence-electron chi connectivity index (χ0n) is 22.0. The van der Waals surface area contributed by atoms with Gasteiger partial charge in [-0.05, 0) is 47.2 Å². The Bertz CT molecular complexity index is 1270. The maximum absolute atomic E-state index is 13.2. The van der Waals surface area contributed by atoms with E-state index in [0.717, 1.165) is 35.3 Å². The topological polar surface area (TPSA) is 76.1 Å². The van der Waals surface area contributed by atoms with Crippen LogP contribution in [0.1, 0.15) is 54.5 Å². The lowest BCUT2D eigenvalue weighted by molar-refractivity contribution is -0.144. The van der Waals surface area contributed by atoms with Gasteiger partial charge in [0.1, 0.15) is 23.6 Å². The molecule has 0 aromatic heterocycles. The number of rotatable bonds is 10. The molecule has 0 radical (unpaired) electrons. The fraction of sp³-hybridized carbons (Fsp3) is 0.355. The molecular weight excluding hydrogens is 466 g/mol. The smallest absolute Gasteiger partial charge is 0.323 e. The van der Waals surface area contributed by atoms with Gasteiger partial charge in [-0.25, -0.2) is 0 Å². The summed E-state index contributed by atoms with van der Waals surface area (Å²) in [6.45, 7) is 6.29. The summed E-state index contributed by atoms with van der Waals surface area (Å²) in [5.74, 6) is 0.661. The lowest BCUT2D eigenvalue weighted by atomic mass is 9.90. The van der Waals surface area contributed by atoms with Crippen molar-refractivity contribution in [1.82, 2.24) is 4.90 Å². The van der Waals surface area contributed by atoms with Crippen molar-refractivity contribution in [1.29, 1.82) is 0 Å². The molecule has 0 spiro atoms. The second kappa shape index (κ2) is 11.1. The second-order valence-corrected chi connectivity index (χ2v) is 10.4. The van der Waals surface area contributed by atoms with Crippen LogP contribution < -0.4 is 9.47 Å². The predicted molar refractivity (Wildman–Crippen MR) is 143 cm³/mol. The zero-order chi connectivity index (χ0) is 26.6. The van der Waals surface area contributed by atoms with Gasteiger partial charge in [0.2, 0.25) is 5.91 Å². The van der Waals surface area contributed by atoms with E-state index in [1.165, 1.54) is 16.0 Å². The number of aliphatic carboxylic acids is 1. The Morgan fingerprint density at radius 1 is 1.05 bits per heavy atom. The number of para-hydroxylation sites is 1. The Morgan fingerprint density at radius 2 is 1.76 bits per heavy atom. The molecule has 0 aliphatic carbocycles. The number of hydrogen-bond donors (Lipinski definition) is 1. The van der Waals surface area contributed by atoms with Crippen molar-refractivity contribution >= 4 is 11.9 Å². The lowest BCUT2D eigenvalue weighted by Gasteiger charge is -2.24. The van der Waals surface area contributed by atoms with Crippen LogP contribution in [0.2, 0.25) is 0 Å². The number of carboxylic acid groups (broad SMARTS) is 1. The van der Waals surface area contributed by atoms with Gasteiger partial charge in [0, 0.05) is 24.9 Å². The molecule has 0 saturated carbocycles. The third-order valence-corrected chi connectivity index (χ3v) is 6.86. The molecule has 1 aliphatic heterocycles. The molecule has 37 heavy (non-hydrogen) atoms. The maximum Gasteiger partial charge on any atom is 0.323 e. The molecule has 6 nitrogen and oxygen atoms in total. The van der Waals surface area contributed by atoms with Crippen LogP contribution in [0.15, 0.2) is 66.7 Å². The molecule has 6 heteroatoms. The molecule has 0 fully saturated rings. The number of carboxylic acids is 1. The summed E-state index contributed by atoms with van der Waals surface area (Å²) in [7, 11) is 1.56. The first-order valence-corrected chi connectivity index (χ1v) is 12.7. The summed E-state index contributed by atoms with van der Waals surface area (Å²) in [5.41, 5.74) is 4.87. The molecule has 3 aromatic rings. The van der Waals surface area contributed by atoms with Crippen molar-refractivity contribution in [2.75, 3.05) is 13.7 Å². The Morgan fingerprint density at radius 3 is 2.43 bits per heavy atom. The van der Waals surface area contributed by atoms with Crippen molar-refractivity contribution in [3.63, 3.8) is 0 Å². The number of carbonyl (C=O) groups is 2. The standard InChI is InChI=1S/C31H35NO5/c1-21(2)24-12-9-22(10-13-24)17-31(3)18-26-15-23(11-14-28(26)37-31)16-29(33)32(20-30(34)35)19-25-7-5-6-8-27(25)36-4/h5-15,21H,16-20H2,1-4H3,(H,34,35)/t31-/m1/s1. The van der Waals surface area contributed by atoms with Crippen molar-refractivity contribution < 1.29 is 24.2 Å². The molecule has 0 unspecified atom stereocenters. The number of ether oxygens (including phenoxy) is 2. The van der Waals surface area contributed by atoms with Gasteiger partial charge in [-0.2, -0.15) is 0 Å². The lowest BCUT2D eigenvalue weighted by Crippen LogP contribution is -2.36. The summed E-state index contributed by atoms with van der Waals surface area (Å²) in [6.07, 6.45) is 1.65. The van der Waals surface area contributed by atoms with E-state index in [0.29, 0.717) is 11.7 Å². The van der Waals surface area contributed by atoms with Crippen LogP contribution in [0.5, 0.6) is 11.5 Å². The highest BCUT2D eigenvalue weighted by Crippen LogP contribution is 2.38. The van der Waals surface area contributed by atoms with E-state index in [-0.39, 0.29) is 31.0 Å². The van der Waals surface area contributed by atoms with Crippen LogP contribution in [0.3, 0.4) is 0 Å². The molecule has 1 heterocycles. The molecule has 0 saturated heterocycles. The summed E-state index contributed by atoms with van der Waals surface area (Å²) in [4.78, 5) is 26.0. The molecule has 3 aromatic carbocycles. The molecule has 194 valence electrons. The Hall–Kier alpha value is -3.80. The molecular formula is C31H35NO5. The van der Waals surface area contributed by atoms with Crippen LogP contribution in [-0.4, -0.2) is 41.1 Å². The molecule has 1 aliphatic rings. The summed E-state index contributed by atoms with van der Waals surface area (Å²) >= 11 is 0. The van der Waals surface area contributed by atoms with E-state index in [1.54, 1.807) is 13.2 Å². The number of methoxy groups -OCH3 is 1. The highest BCUT2D eigenvalue weighted by molar-refractivity contribution is 5.83. The molecule has 1 atom stereocenters. The van der Waals surface area contributed by atoms with Gasteiger partial charge in [-0.1, -0.05) is 68.4 Å². The highest BCUT2D eigenvalue weighted by atomic mass is 16.5. The number of benzene rings is 3. The van der Waals surface area contributed by atoms with Gasteiger partial charge < -0.3 is 19.5 Å². The first-order valence-electron chi connectivity index (χ1n) is 12.7. The number of amides is 1. The number of carbonyl (C=O) groups excluding carboxylic acids is 1. The number of fused-ring (bicyclic) bond motifs is 1. The molecule has 1 N–H and O–H groups in total. The average Bonchev–Trinajstić information content (AvgIpc) is 3.18. The number of hydrogen-bond acceptors (Lipinski definition) is 4. The Labute approximate surface area is 218 Å². The maximum atomic E-state index is 13.2. The minimum atomic E-state index is -1.05. The van der Waals surface area contributed by atoms with Gasteiger partial charge in [0.25, 0.3) is 0 Å². The van der Waals surface area contributed by atoms with Crippen molar-refractivity contribution in [3.8, 4) is 11.5 Å². The summed E-state index contributed by atoms with van der Waals surface area (Å²) < 4.78 is 11.7. The summed E-state index contributed by atoms with van der Waals surface area (Å²) in [6, 6.07) is 21.9. The van der Waals surface area contributed by atoms with Gasteiger partial charge in [0.05, 0.1) is 13.5 Å². The first kappa shape index (κ1) is 26.3. The second-order valence-electron chi connectivity index (χ2n) is 10.4.